The lowest BCUT2D eigenvalue weighted by Crippen LogP contribution is -2.21. The zero-order valence-corrected chi connectivity index (χ0v) is 15.5. The van der Waals surface area contributed by atoms with Crippen molar-refractivity contribution in [2.24, 2.45) is 0 Å². The van der Waals surface area contributed by atoms with Crippen LogP contribution in [0.15, 0.2) is 18.2 Å². The van der Waals surface area contributed by atoms with E-state index in [-0.39, 0.29) is 0 Å². The predicted octanol–water partition coefficient (Wildman–Crippen LogP) is 5.50. The van der Waals surface area contributed by atoms with Gasteiger partial charge in [-0.25, -0.2) is 0 Å². The van der Waals surface area contributed by atoms with E-state index in [9.17, 15) is 0 Å². The van der Waals surface area contributed by atoms with Crippen LogP contribution in [0.2, 0.25) is 0 Å². The van der Waals surface area contributed by atoms with Gasteiger partial charge in [-0.2, -0.15) is 0 Å². The van der Waals surface area contributed by atoms with Crippen molar-refractivity contribution in [3.63, 3.8) is 0 Å². The van der Waals surface area contributed by atoms with E-state index in [2.05, 4.69) is 62.9 Å². The van der Waals surface area contributed by atoms with Gasteiger partial charge in [-0.3, -0.25) is 0 Å². The van der Waals surface area contributed by atoms with E-state index < -0.39 is 0 Å². The minimum Gasteiger partial charge on any atom is -0.375 e. The second-order valence-corrected chi connectivity index (χ2v) is 6.47. The van der Waals surface area contributed by atoms with Crippen molar-refractivity contribution in [1.82, 2.24) is 0 Å². The third kappa shape index (κ3) is 5.90. The van der Waals surface area contributed by atoms with Crippen LogP contribution in [0, 0.1) is 0 Å². The Morgan fingerprint density at radius 2 is 1.36 bits per heavy atom. The standard InChI is InChI=1S/C20H36N2/c1-6-9-12-18-17-19(21(4)15-10-7-2)13-14-20(18)22(5)16-11-8-3/h13-14,17H,6-12,15-16H2,1-5H3. The Morgan fingerprint density at radius 3 is 1.95 bits per heavy atom. The molecule has 0 aliphatic carbocycles. The molecule has 2 nitrogen and oxygen atoms in total. The molecule has 126 valence electrons. The monoisotopic (exact) mass is 304 g/mol. The molecule has 1 rings (SSSR count). The van der Waals surface area contributed by atoms with Crippen LogP contribution in [-0.2, 0) is 6.42 Å². The van der Waals surface area contributed by atoms with E-state index in [1.165, 1.54) is 61.9 Å². The minimum absolute atomic E-state index is 1.15. The molecule has 0 fully saturated rings. The van der Waals surface area contributed by atoms with Crippen molar-refractivity contribution in [1.29, 1.82) is 0 Å². The molecular formula is C20H36N2. The molecule has 1 aromatic rings. The second-order valence-electron chi connectivity index (χ2n) is 6.47. The highest BCUT2D eigenvalue weighted by atomic mass is 15.1. The van der Waals surface area contributed by atoms with Crippen LogP contribution in [-0.4, -0.2) is 27.2 Å². The van der Waals surface area contributed by atoms with Crippen molar-refractivity contribution >= 4 is 11.4 Å². The van der Waals surface area contributed by atoms with Crippen LogP contribution in [0.1, 0.15) is 64.9 Å². The van der Waals surface area contributed by atoms with E-state index in [1.807, 2.05) is 0 Å². The molecule has 0 saturated heterocycles. The van der Waals surface area contributed by atoms with Gasteiger partial charge < -0.3 is 9.80 Å². The molecule has 22 heavy (non-hydrogen) atoms. The third-order valence-corrected chi connectivity index (χ3v) is 4.41. The van der Waals surface area contributed by atoms with Gasteiger partial charge in [0.1, 0.15) is 0 Å². The maximum Gasteiger partial charge on any atom is 0.0397 e. The first-order valence-electron chi connectivity index (χ1n) is 9.19. The molecule has 0 N–H and O–H groups in total. The molecular weight excluding hydrogens is 268 g/mol. The minimum atomic E-state index is 1.15. The summed E-state index contributed by atoms with van der Waals surface area (Å²) >= 11 is 0. The molecule has 0 unspecified atom stereocenters. The van der Waals surface area contributed by atoms with Crippen LogP contribution < -0.4 is 9.80 Å². The lowest BCUT2D eigenvalue weighted by Gasteiger charge is -2.26. The highest BCUT2D eigenvalue weighted by Gasteiger charge is 2.10. The topological polar surface area (TPSA) is 6.48 Å². The Morgan fingerprint density at radius 1 is 0.773 bits per heavy atom. The summed E-state index contributed by atoms with van der Waals surface area (Å²) in [5.41, 5.74) is 4.31. The third-order valence-electron chi connectivity index (χ3n) is 4.41. The van der Waals surface area contributed by atoms with Crippen molar-refractivity contribution in [2.75, 3.05) is 37.0 Å². The summed E-state index contributed by atoms with van der Waals surface area (Å²) < 4.78 is 0. The number of rotatable bonds is 11. The Labute approximate surface area is 138 Å². The first kappa shape index (κ1) is 18.9. The fourth-order valence-electron chi connectivity index (χ4n) is 2.79. The Hall–Kier alpha value is -1.18. The van der Waals surface area contributed by atoms with Gasteiger partial charge in [0, 0.05) is 38.6 Å². The molecule has 1 aromatic carbocycles. The van der Waals surface area contributed by atoms with Gasteiger partial charge in [0.15, 0.2) is 0 Å². The summed E-state index contributed by atoms with van der Waals surface area (Å²) in [6.07, 6.45) is 8.76. The van der Waals surface area contributed by atoms with Crippen molar-refractivity contribution in [3.8, 4) is 0 Å². The maximum atomic E-state index is 2.43. The van der Waals surface area contributed by atoms with Crippen LogP contribution in [0.5, 0.6) is 0 Å². The largest absolute Gasteiger partial charge is 0.375 e. The predicted molar refractivity (Wildman–Crippen MR) is 101 cm³/mol. The molecule has 0 amide bonds. The lowest BCUT2D eigenvalue weighted by atomic mass is 10.0. The van der Waals surface area contributed by atoms with Gasteiger partial charge in [0.2, 0.25) is 0 Å². The molecule has 0 bridgehead atoms. The quantitative estimate of drug-likeness (QED) is 0.532. The first-order chi connectivity index (χ1) is 10.6. The number of anilines is 2. The van der Waals surface area contributed by atoms with Gasteiger partial charge in [0.25, 0.3) is 0 Å². The number of hydrogen-bond acceptors (Lipinski definition) is 2. The van der Waals surface area contributed by atoms with Crippen molar-refractivity contribution in [3.05, 3.63) is 23.8 Å². The van der Waals surface area contributed by atoms with Crippen LogP contribution in [0.3, 0.4) is 0 Å². The number of hydrogen-bond donors (Lipinski definition) is 0. The summed E-state index contributed by atoms with van der Waals surface area (Å²) in [4.78, 5) is 4.83. The summed E-state index contributed by atoms with van der Waals surface area (Å²) in [6, 6.07) is 7.05. The summed E-state index contributed by atoms with van der Waals surface area (Å²) in [6.45, 7) is 9.09. The number of unbranched alkanes of at least 4 members (excludes halogenated alkanes) is 3. The molecule has 0 aliphatic rings. The Kier molecular flexibility index (Phi) is 9.03. The molecule has 0 atom stereocenters. The van der Waals surface area contributed by atoms with E-state index in [0.29, 0.717) is 0 Å². The molecule has 0 spiro atoms. The average molecular weight is 305 g/mol. The lowest BCUT2D eigenvalue weighted by molar-refractivity contribution is 0.750. The van der Waals surface area contributed by atoms with Gasteiger partial charge >= 0.3 is 0 Å². The average Bonchev–Trinajstić information content (AvgIpc) is 2.55. The highest BCUT2D eigenvalue weighted by molar-refractivity contribution is 5.61. The number of nitrogens with zero attached hydrogens (tertiary/aromatic N) is 2. The highest BCUT2D eigenvalue weighted by Crippen LogP contribution is 2.27. The van der Waals surface area contributed by atoms with E-state index >= 15 is 0 Å². The fourth-order valence-corrected chi connectivity index (χ4v) is 2.79. The summed E-state index contributed by atoms with van der Waals surface area (Å²) in [5.74, 6) is 0. The molecule has 0 saturated carbocycles. The zero-order valence-electron chi connectivity index (χ0n) is 15.5. The molecule has 0 heterocycles. The normalized spacial score (nSPS) is 10.8. The first-order valence-corrected chi connectivity index (χ1v) is 9.19. The molecule has 2 heteroatoms. The molecule has 0 aliphatic heterocycles. The van der Waals surface area contributed by atoms with E-state index in [0.717, 1.165) is 13.1 Å². The molecule has 0 aromatic heterocycles. The Balaban J connectivity index is 2.91. The molecule has 0 radical (unpaired) electrons. The SMILES string of the molecule is CCCCc1cc(N(C)CCCC)ccc1N(C)CCCC. The summed E-state index contributed by atoms with van der Waals surface area (Å²) in [7, 11) is 4.45. The van der Waals surface area contributed by atoms with Crippen LogP contribution in [0.4, 0.5) is 11.4 Å². The maximum absolute atomic E-state index is 2.43. The van der Waals surface area contributed by atoms with Gasteiger partial charge in [-0.15, -0.1) is 0 Å². The van der Waals surface area contributed by atoms with Crippen molar-refractivity contribution in [2.45, 2.75) is 65.7 Å². The van der Waals surface area contributed by atoms with Gasteiger partial charge in [-0.05, 0) is 49.4 Å². The van der Waals surface area contributed by atoms with Crippen molar-refractivity contribution < 1.29 is 0 Å². The van der Waals surface area contributed by atoms with Crippen LogP contribution >= 0.6 is 0 Å². The Bertz CT molecular complexity index is 414. The fraction of sp³-hybridized carbons (Fsp3) is 0.700. The zero-order chi connectivity index (χ0) is 16.4. The summed E-state index contributed by atoms with van der Waals surface area (Å²) in [5, 5.41) is 0. The number of benzene rings is 1. The number of aryl methyl sites for hydroxylation is 1. The smallest absolute Gasteiger partial charge is 0.0397 e. The van der Waals surface area contributed by atoms with Gasteiger partial charge in [-0.1, -0.05) is 40.0 Å². The van der Waals surface area contributed by atoms with E-state index in [4.69, 9.17) is 0 Å². The van der Waals surface area contributed by atoms with Crippen LogP contribution in [0.25, 0.3) is 0 Å². The van der Waals surface area contributed by atoms with Gasteiger partial charge in [0.05, 0.1) is 0 Å². The van der Waals surface area contributed by atoms with E-state index in [1.54, 1.807) is 0 Å². The second kappa shape index (κ2) is 10.5.